The van der Waals surface area contributed by atoms with Crippen LogP contribution in [0.3, 0.4) is 0 Å². The molecule has 7 heteroatoms. The zero-order valence-electron chi connectivity index (χ0n) is 11.3. The van der Waals surface area contributed by atoms with E-state index in [4.69, 9.17) is 0 Å². The van der Waals surface area contributed by atoms with Crippen LogP contribution in [-0.2, 0) is 18.4 Å². The van der Waals surface area contributed by atoms with Crippen molar-refractivity contribution < 1.29 is 4.79 Å². The molecule has 1 amide bonds. The van der Waals surface area contributed by atoms with E-state index in [1.807, 2.05) is 0 Å². The Morgan fingerprint density at radius 1 is 1.50 bits per heavy atom. The van der Waals surface area contributed by atoms with Crippen molar-refractivity contribution in [2.75, 3.05) is 13.1 Å². The van der Waals surface area contributed by atoms with E-state index in [0.29, 0.717) is 30.2 Å². The van der Waals surface area contributed by atoms with E-state index < -0.39 is 0 Å². The van der Waals surface area contributed by atoms with Crippen LogP contribution in [0.2, 0.25) is 0 Å². The van der Waals surface area contributed by atoms with Crippen LogP contribution in [0, 0.1) is 5.92 Å². The largest absolute Gasteiger partial charge is 0.356 e. The summed E-state index contributed by atoms with van der Waals surface area (Å²) >= 11 is 0. The molecule has 0 aliphatic carbocycles. The predicted octanol–water partition coefficient (Wildman–Crippen LogP) is -0.741. The van der Waals surface area contributed by atoms with Crippen LogP contribution in [0.15, 0.2) is 23.1 Å². The maximum atomic E-state index is 12.1. The minimum atomic E-state index is -0.0560. The molecular weight excluding hydrogens is 258 g/mol. The number of aromatic nitrogens is 3. The van der Waals surface area contributed by atoms with Gasteiger partial charge in [0.25, 0.3) is 5.56 Å². The summed E-state index contributed by atoms with van der Waals surface area (Å²) in [7, 11) is 1.72. The fraction of sp³-hybridized carbons (Fsp3) is 0.462. The Hall–Kier alpha value is -2.15. The van der Waals surface area contributed by atoms with Gasteiger partial charge in [0.15, 0.2) is 0 Å². The molecule has 3 rings (SSSR count). The Morgan fingerprint density at radius 2 is 2.35 bits per heavy atom. The van der Waals surface area contributed by atoms with Gasteiger partial charge in [-0.1, -0.05) is 0 Å². The lowest BCUT2D eigenvalue weighted by Crippen LogP contribution is -2.30. The van der Waals surface area contributed by atoms with Crippen molar-refractivity contribution >= 4 is 11.4 Å². The molecule has 3 heterocycles. The fourth-order valence-electron chi connectivity index (χ4n) is 2.46. The molecule has 0 bridgehead atoms. The van der Waals surface area contributed by atoms with Gasteiger partial charge in [-0.3, -0.25) is 14.2 Å². The number of amides is 1. The van der Waals surface area contributed by atoms with Gasteiger partial charge in [-0.2, -0.15) is 5.10 Å². The number of carbonyl (C=O) groups is 1. The Morgan fingerprint density at radius 3 is 3.10 bits per heavy atom. The van der Waals surface area contributed by atoms with Crippen molar-refractivity contribution in [2.45, 2.75) is 13.0 Å². The number of carbonyl (C=O) groups excluding carboxylic acids is 1. The molecular formula is C13H17N5O2. The monoisotopic (exact) mass is 275 g/mol. The van der Waals surface area contributed by atoms with Crippen LogP contribution in [-0.4, -0.2) is 33.2 Å². The number of hydrogen-bond donors (Lipinski definition) is 2. The van der Waals surface area contributed by atoms with Crippen molar-refractivity contribution in [3.8, 4) is 0 Å². The van der Waals surface area contributed by atoms with E-state index in [9.17, 15) is 9.59 Å². The topological polar surface area (TPSA) is 80.4 Å². The standard InChI is InChI=1S/C13H17N5O2/c1-17-11(8-14-6-9-5-12(19)15-7-9)16-18-4-2-3-10(18)13(17)20/h2-4,9,14H,5-8H2,1H3,(H,15,19)/t9-/m0/s1. The van der Waals surface area contributed by atoms with Gasteiger partial charge in [-0.25, -0.2) is 4.52 Å². The van der Waals surface area contributed by atoms with Crippen LogP contribution in [0.25, 0.3) is 5.52 Å². The van der Waals surface area contributed by atoms with Crippen molar-refractivity contribution in [3.63, 3.8) is 0 Å². The third kappa shape index (κ3) is 2.32. The van der Waals surface area contributed by atoms with Gasteiger partial charge in [-0.05, 0) is 18.1 Å². The van der Waals surface area contributed by atoms with Crippen LogP contribution >= 0.6 is 0 Å². The highest BCUT2D eigenvalue weighted by Crippen LogP contribution is 2.07. The Balaban J connectivity index is 1.69. The van der Waals surface area contributed by atoms with Crippen LogP contribution in [0.1, 0.15) is 12.2 Å². The predicted molar refractivity (Wildman–Crippen MR) is 73.3 cm³/mol. The summed E-state index contributed by atoms with van der Waals surface area (Å²) in [5.41, 5.74) is 0.515. The van der Waals surface area contributed by atoms with Crippen molar-refractivity contribution in [1.29, 1.82) is 0 Å². The molecule has 7 nitrogen and oxygen atoms in total. The molecule has 0 saturated carbocycles. The number of rotatable bonds is 4. The molecule has 20 heavy (non-hydrogen) atoms. The van der Waals surface area contributed by atoms with E-state index in [1.54, 1.807) is 34.5 Å². The summed E-state index contributed by atoms with van der Waals surface area (Å²) in [5, 5.41) is 10.5. The Bertz CT molecular complexity index is 702. The molecule has 1 atom stereocenters. The minimum absolute atomic E-state index is 0.0560. The second-order valence-electron chi connectivity index (χ2n) is 5.12. The zero-order chi connectivity index (χ0) is 14.1. The minimum Gasteiger partial charge on any atom is -0.356 e. The van der Waals surface area contributed by atoms with Crippen LogP contribution in [0.5, 0.6) is 0 Å². The first kappa shape index (κ1) is 12.9. The number of nitrogens with one attached hydrogen (secondary N) is 2. The molecule has 2 N–H and O–H groups in total. The lowest BCUT2D eigenvalue weighted by molar-refractivity contribution is -0.119. The summed E-state index contributed by atoms with van der Waals surface area (Å²) in [6.45, 7) is 1.96. The molecule has 1 saturated heterocycles. The molecule has 0 unspecified atom stereocenters. The zero-order valence-corrected chi connectivity index (χ0v) is 11.3. The maximum absolute atomic E-state index is 12.1. The molecule has 1 aliphatic heterocycles. The number of nitrogens with zero attached hydrogens (tertiary/aromatic N) is 3. The van der Waals surface area contributed by atoms with Gasteiger partial charge in [0.05, 0.1) is 6.54 Å². The highest BCUT2D eigenvalue weighted by Gasteiger charge is 2.20. The first-order chi connectivity index (χ1) is 9.65. The van der Waals surface area contributed by atoms with E-state index in [-0.39, 0.29) is 11.5 Å². The molecule has 2 aromatic heterocycles. The van der Waals surface area contributed by atoms with Crippen LogP contribution in [0.4, 0.5) is 0 Å². The molecule has 1 aliphatic rings. The summed E-state index contributed by atoms with van der Waals surface area (Å²) in [5.74, 6) is 1.10. The number of hydrogen-bond acceptors (Lipinski definition) is 4. The molecule has 1 fully saturated rings. The summed E-state index contributed by atoms with van der Waals surface area (Å²) in [6.07, 6.45) is 2.33. The summed E-state index contributed by atoms with van der Waals surface area (Å²) in [6, 6.07) is 3.55. The third-order valence-corrected chi connectivity index (χ3v) is 3.64. The van der Waals surface area contributed by atoms with Gasteiger partial charge in [0, 0.05) is 32.8 Å². The molecule has 0 spiro atoms. The fourth-order valence-corrected chi connectivity index (χ4v) is 2.46. The normalized spacial score (nSPS) is 18.6. The van der Waals surface area contributed by atoms with Crippen LogP contribution < -0.4 is 16.2 Å². The number of fused-ring (bicyclic) bond motifs is 1. The Kier molecular flexibility index (Phi) is 3.27. The van der Waals surface area contributed by atoms with Gasteiger partial charge in [0.1, 0.15) is 11.3 Å². The third-order valence-electron chi connectivity index (χ3n) is 3.64. The van der Waals surface area contributed by atoms with E-state index in [1.165, 1.54) is 0 Å². The summed E-state index contributed by atoms with van der Waals surface area (Å²) < 4.78 is 3.15. The quantitative estimate of drug-likeness (QED) is 0.770. The second kappa shape index (κ2) is 5.09. The average Bonchev–Trinajstić information content (AvgIpc) is 3.04. The average molecular weight is 275 g/mol. The van der Waals surface area contributed by atoms with Crippen molar-refractivity contribution in [2.24, 2.45) is 13.0 Å². The molecule has 0 radical (unpaired) electrons. The lowest BCUT2D eigenvalue weighted by Gasteiger charge is -2.11. The highest BCUT2D eigenvalue weighted by atomic mass is 16.2. The van der Waals surface area contributed by atoms with Gasteiger partial charge in [-0.15, -0.1) is 0 Å². The van der Waals surface area contributed by atoms with Crippen molar-refractivity contribution in [3.05, 3.63) is 34.5 Å². The first-order valence-electron chi connectivity index (χ1n) is 6.66. The SMILES string of the molecule is Cn1c(CNC[C@H]2CNC(=O)C2)nn2cccc2c1=O. The highest BCUT2D eigenvalue weighted by molar-refractivity contribution is 5.78. The van der Waals surface area contributed by atoms with Crippen molar-refractivity contribution in [1.82, 2.24) is 24.8 Å². The Labute approximate surface area is 115 Å². The molecule has 0 aromatic carbocycles. The van der Waals surface area contributed by atoms with E-state index >= 15 is 0 Å². The van der Waals surface area contributed by atoms with Gasteiger partial charge < -0.3 is 10.6 Å². The maximum Gasteiger partial charge on any atom is 0.277 e. The smallest absolute Gasteiger partial charge is 0.277 e. The van der Waals surface area contributed by atoms with E-state index in [0.717, 1.165) is 13.1 Å². The lowest BCUT2D eigenvalue weighted by atomic mass is 10.1. The molecule has 106 valence electrons. The van der Waals surface area contributed by atoms with E-state index in [2.05, 4.69) is 15.7 Å². The first-order valence-corrected chi connectivity index (χ1v) is 6.66. The van der Waals surface area contributed by atoms with Gasteiger partial charge >= 0.3 is 0 Å². The van der Waals surface area contributed by atoms with Gasteiger partial charge in [0.2, 0.25) is 5.91 Å². The molecule has 2 aromatic rings. The second-order valence-corrected chi connectivity index (χ2v) is 5.12. The summed E-state index contributed by atoms with van der Waals surface area (Å²) in [4.78, 5) is 23.2.